The van der Waals surface area contributed by atoms with Crippen LogP contribution in [0.15, 0.2) is 0 Å². The Kier molecular flexibility index (Phi) is 1.33. The predicted octanol–water partition coefficient (Wildman–Crippen LogP) is 0.798. The molecule has 3 rings (SSSR count). The van der Waals surface area contributed by atoms with Gasteiger partial charge in [0.25, 0.3) is 0 Å². The number of hydrogen-bond acceptors (Lipinski definition) is 3. The highest BCUT2D eigenvalue weighted by atomic mass is 16.4. The molecule has 0 aromatic carbocycles. The van der Waals surface area contributed by atoms with Crippen LogP contribution in [-0.4, -0.2) is 26.5 Å². The topological polar surface area (TPSA) is 78.9 Å². The molecule has 14 heavy (non-hydrogen) atoms. The molecule has 0 bridgehead atoms. The van der Waals surface area contributed by atoms with E-state index in [1.54, 1.807) is 0 Å². The van der Waals surface area contributed by atoms with Crippen molar-refractivity contribution in [3.8, 4) is 0 Å². The monoisotopic (exact) mass is 193 g/mol. The van der Waals surface area contributed by atoms with Gasteiger partial charge in [0.05, 0.1) is 5.69 Å². The van der Waals surface area contributed by atoms with E-state index in [0.29, 0.717) is 24.5 Å². The van der Waals surface area contributed by atoms with E-state index in [1.807, 2.05) is 0 Å². The second kappa shape index (κ2) is 2.34. The predicted molar refractivity (Wildman–Crippen MR) is 46.9 cm³/mol. The number of aromatic amines is 1. The van der Waals surface area contributed by atoms with Gasteiger partial charge in [-0.3, -0.25) is 4.79 Å². The van der Waals surface area contributed by atoms with Crippen LogP contribution in [0.5, 0.6) is 0 Å². The number of nitrogens with zero attached hydrogens (tertiary/aromatic N) is 2. The van der Waals surface area contributed by atoms with E-state index in [4.69, 9.17) is 5.11 Å². The van der Waals surface area contributed by atoms with Crippen LogP contribution in [0.3, 0.4) is 0 Å². The van der Waals surface area contributed by atoms with E-state index in [9.17, 15) is 4.79 Å². The number of aliphatic carboxylic acids is 1. The van der Waals surface area contributed by atoms with Gasteiger partial charge in [-0.25, -0.2) is 0 Å². The van der Waals surface area contributed by atoms with E-state index in [-0.39, 0.29) is 0 Å². The molecule has 2 saturated carbocycles. The lowest BCUT2D eigenvalue weighted by Crippen LogP contribution is -2.21. The molecule has 1 aromatic heterocycles. The number of carbonyl (C=O) groups is 1. The Bertz CT molecular complexity index is 391. The molecule has 2 aliphatic carbocycles. The zero-order chi connectivity index (χ0) is 9.76. The standard InChI is InChI=1S/C9H11N3O2/c13-8(14)9(3-4-9)7-6(5-1-2-5)10-12-11-7/h5H,1-4H2,(H,13,14)(H,10,11,12). The van der Waals surface area contributed by atoms with Crippen molar-refractivity contribution in [1.29, 1.82) is 0 Å². The summed E-state index contributed by atoms with van der Waals surface area (Å²) in [5.41, 5.74) is 0.877. The third-order valence-corrected chi connectivity index (χ3v) is 3.15. The molecule has 0 aliphatic heterocycles. The van der Waals surface area contributed by atoms with Gasteiger partial charge in [-0.15, -0.1) is 0 Å². The summed E-state index contributed by atoms with van der Waals surface area (Å²) in [6.07, 6.45) is 3.65. The van der Waals surface area contributed by atoms with Gasteiger partial charge in [-0.1, -0.05) is 0 Å². The molecule has 74 valence electrons. The SMILES string of the molecule is O=C(O)C1(c2n[nH]nc2C2CC2)CC1. The van der Waals surface area contributed by atoms with Crippen molar-refractivity contribution in [2.24, 2.45) is 0 Å². The molecule has 1 aromatic rings. The first-order valence-electron chi connectivity index (χ1n) is 4.88. The van der Waals surface area contributed by atoms with Crippen molar-refractivity contribution < 1.29 is 9.90 Å². The number of rotatable bonds is 3. The van der Waals surface area contributed by atoms with E-state index < -0.39 is 11.4 Å². The molecular formula is C9H11N3O2. The second-order valence-electron chi connectivity index (χ2n) is 4.22. The van der Waals surface area contributed by atoms with Crippen molar-refractivity contribution in [3.63, 3.8) is 0 Å². The summed E-state index contributed by atoms with van der Waals surface area (Å²) < 4.78 is 0. The quantitative estimate of drug-likeness (QED) is 0.744. The fraction of sp³-hybridized carbons (Fsp3) is 0.667. The van der Waals surface area contributed by atoms with Gasteiger partial charge >= 0.3 is 5.97 Å². The lowest BCUT2D eigenvalue weighted by molar-refractivity contribution is -0.140. The number of carboxylic acids is 1. The van der Waals surface area contributed by atoms with Gasteiger partial charge in [-0.05, 0) is 25.7 Å². The fourth-order valence-corrected chi connectivity index (χ4v) is 1.91. The van der Waals surface area contributed by atoms with Crippen LogP contribution in [0, 0.1) is 0 Å². The molecule has 2 N–H and O–H groups in total. The van der Waals surface area contributed by atoms with Crippen molar-refractivity contribution in [2.75, 3.05) is 0 Å². The molecule has 0 atom stereocenters. The normalized spacial score (nSPS) is 23.4. The van der Waals surface area contributed by atoms with E-state index >= 15 is 0 Å². The molecule has 2 aliphatic rings. The molecule has 1 heterocycles. The molecule has 2 fully saturated rings. The highest BCUT2D eigenvalue weighted by Gasteiger charge is 2.56. The molecular weight excluding hydrogens is 182 g/mol. The van der Waals surface area contributed by atoms with Crippen molar-refractivity contribution in [3.05, 3.63) is 11.4 Å². The Morgan fingerprint density at radius 3 is 2.64 bits per heavy atom. The second-order valence-corrected chi connectivity index (χ2v) is 4.22. The number of hydrogen-bond donors (Lipinski definition) is 2. The van der Waals surface area contributed by atoms with Crippen molar-refractivity contribution >= 4 is 5.97 Å². The van der Waals surface area contributed by atoms with E-state index in [0.717, 1.165) is 18.5 Å². The molecule has 5 nitrogen and oxygen atoms in total. The Hall–Kier alpha value is -1.39. The first-order chi connectivity index (χ1) is 6.74. The van der Waals surface area contributed by atoms with Crippen molar-refractivity contribution in [1.82, 2.24) is 15.4 Å². The van der Waals surface area contributed by atoms with Gasteiger partial charge in [0.1, 0.15) is 11.1 Å². The molecule has 0 amide bonds. The average Bonchev–Trinajstić information content (AvgIpc) is 3.06. The maximum atomic E-state index is 11.1. The van der Waals surface area contributed by atoms with Crippen LogP contribution in [0.1, 0.15) is 43.0 Å². The Labute approximate surface area is 80.5 Å². The smallest absolute Gasteiger partial charge is 0.315 e. The zero-order valence-corrected chi connectivity index (χ0v) is 7.66. The number of carboxylic acid groups (broad SMARTS) is 1. The molecule has 0 unspecified atom stereocenters. The minimum atomic E-state index is -0.756. The van der Waals surface area contributed by atoms with Crippen LogP contribution in [0.2, 0.25) is 0 Å². The maximum absolute atomic E-state index is 11.1. The number of H-pyrrole nitrogens is 1. The Morgan fingerprint density at radius 1 is 1.43 bits per heavy atom. The molecule has 0 radical (unpaired) electrons. The van der Waals surface area contributed by atoms with Gasteiger partial charge in [0, 0.05) is 5.92 Å². The summed E-state index contributed by atoms with van der Waals surface area (Å²) in [6, 6.07) is 0. The molecule has 5 heteroatoms. The summed E-state index contributed by atoms with van der Waals surface area (Å²) in [7, 11) is 0. The van der Waals surface area contributed by atoms with Gasteiger partial charge in [0.15, 0.2) is 0 Å². The lowest BCUT2D eigenvalue weighted by Gasteiger charge is -2.06. The summed E-state index contributed by atoms with van der Waals surface area (Å²) in [4.78, 5) is 11.1. The molecule has 0 saturated heterocycles. The van der Waals surface area contributed by atoms with Gasteiger partial charge < -0.3 is 5.11 Å². The lowest BCUT2D eigenvalue weighted by atomic mass is 9.99. The van der Waals surface area contributed by atoms with Crippen LogP contribution in [0.25, 0.3) is 0 Å². The highest BCUT2D eigenvalue weighted by Crippen LogP contribution is 2.52. The van der Waals surface area contributed by atoms with Gasteiger partial charge in [-0.2, -0.15) is 15.4 Å². The van der Waals surface area contributed by atoms with Gasteiger partial charge in [0.2, 0.25) is 0 Å². The van der Waals surface area contributed by atoms with Crippen LogP contribution in [0.4, 0.5) is 0 Å². The summed E-state index contributed by atoms with van der Waals surface area (Å²) in [5.74, 6) is -0.297. The minimum absolute atomic E-state index is 0.459. The summed E-state index contributed by atoms with van der Waals surface area (Å²) in [5, 5.41) is 19.8. The Balaban J connectivity index is 2.03. The highest BCUT2D eigenvalue weighted by molar-refractivity contribution is 5.84. The van der Waals surface area contributed by atoms with E-state index in [1.165, 1.54) is 0 Å². The van der Waals surface area contributed by atoms with Crippen molar-refractivity contribution in [2.45, 2.75) is 37.0 Å². The first-order valence-corrected chi connectivity index (χ1v) is 4.88. The third-order valence-electron chi connectivity index (χ3n) is 3.15. The largest absolute Gasteiger partial charge is 0.481 e. The summed E-state index contributed by atoms with van der Waals surface area (Å²) in [6.45, 7) is 0. The third kappa shape index (κ3) is 0.921. The number of aromatic nitrogens is 3. The van der Waals surface area contributed by atoms with Crippen LogP contribution in [-0.2, 0) is 10.2 Å². The first kappa shape index (κ1) is 7.96. The fourth-order valence-electron chi connectivity index (χ4n) is 1.91. The summed E-state index contributed by atoms with van der Waals surface area (Å²) >= 11 is 0. The number of nitrogens with one attached hydrogen (secondary N) is 1. The maximum Gasteiger partial charge on any atom is 0.315 e. The van der Waals surface area contributed by atoms with Crippen LogP contribution < -0.4 is 0 Å². The van der Waals surface area contributed by atoms with Crippen LogP contribution >= 0.6 is 0 Å². The zero-order valence-electron chi connectivity index (χ0n) is 7.66. The molecule has 0 spiro atoms. The average molecular weight is 193 g/mol. The van der Waals surface area contributed by atoms with E-state index in [2.05, 4.69) is 15.4 Å². The minimum Gasteiger partial charge on any atom is -0.481 e. The Morgan fingerprint density at radius 2 is 2.14 bits per heavy atom.